The zero-order valence-electron chi connectivity index (χ0n) is 11.7. The van der Waals surface area contributed by atoms with Crippen molar-refractivity contribution in [3.63, 3.8) is 0 Å². The molecule has 3 rings (SSSR count). The van der Waals surface area contributed by atoms with Crippen LogP contribution in [0.3, 0.4) is 0 Å². The van der Waals surface area contributed by atoms with E-state index < -0.39 is 0 Å². The van der Waals surface area contributed by atoms with E-state index in [2.05, 4.69) is 15.2 Å². The number of nitrogens with two attached hydrogens (primary N) is 1. The van der Waals surface area contributed by atoms with Crippen molar-refractivity contribution in [2.75, 3.05) is 0 Å². The van der Waals surface area contributed by atoms with Crippen LogP contribution in [0.15, 0.2) is 6.07 Å². The third kappa shape index (κ3) is 2.34. The number of rotatable bonds is 2. The minimum Gasteiger partial charge on any atom is -0.325 e. The number of nitrogens with zero attached hydrogens (tertiary/aromatic N) is 4. The largest absolute Gasteiger partial charge is 0.325 e. The highest BCUT2D eigenvalue weighted by Gasteiger charge is 2.29. The first-order valence-corrected chi connectivity index (χ1v) is 7.05. The molecular weight excluding hydrogens is 238 g/mol. The Morgan fingerprint density at radius 3 is 2.68 bits per heavy atom. The molecule has 1 aliphatic carbocycles. The van der Waals surface area contributed by atoms with Crippen LogP contribution >= 0.6 is 0 Å². The lowest BCUT2D eigenvalue weighted by atomic mass is 9.80. The third-order valence-electron chi connectivity index (χ3n) is 4.11. The van der Waals surface area contributed by atoms with E-state index in [1.807, 2.05) is 24.3 Å². The van der Waals surface area contributed by atoms with Gasteiger partial charge in [0.05, 0.1) is 0 Å². The predicted molar refractivity (Wildman–Crippen MR) is 74.0 cm³/mol. The SMILES string of the molecule is Cc1cc2nnc(CC3(N)CCCCC3)n2c(C)n1. The molecule has 2 N–H and O–H groups in total. The molecule has 19 heavy (non-hydrogen) atoms. The Kier molecular flexibility index (Phi) is 3.01. The minimum atomic E-state index is -0.113. The van der Waals surface area contributed by atoms with E-state index >= 15 is 0 Å². The summed E-state index contributed by atoms with van der Waals surface area (Å²) < 4.78 is 2.04. The lowest BCUT2D eigenvalue weighted by Crippen LogP contribution is -2.44. The molecule has 5 nitrogen and oxygen atoms in total. The summed E-state index contributed by atoms with van der Waals surface area (Å²) in [7, 11) is 0. The zero-order valence-corrected chi connectivity index (χ0v) is 11.7. The molecule has 0 aromatic carbocycles. The van der Waals surface area contributed by atoms with Gasteiger partial charge in [0.1, 0.15) is 11.6 Å². The van der Waals surface area contributed by atoms with Gasteiger partial charge in [0.15, 0.2) is 5.65 Å². The van der Waals surface area contributed by atoms with Gasteiger partial charge in [-0.15, -0.1) is 10.2 Å². The van der Waals surface area contributed by atoms with Crippen LogP contribution in [0, 0.1) is 13.8 Å². The van der Waals surface area contributed by atoms with Gasteiger partial charge in [0.25, 0.3) is 0 Å². The summed E-state index contributed by atoms with van der Waals surface area (Å²) in [4.78, 5) is 4.49. The van der Waals surface area contributed by atoms with Crippen LogP contribution in [0.25, 0.3) is 5.65 Å². The second-order valence-electron chi connectivity index (χ2n) is 5.85. The maximum atomic E-state index is 6.52. The van der Waals surface area contributed by atoms with Crippen LogP contribution in [0.5, 0.6) is 0 Å². The highest BCUT2D eigenvalue weighted by molar-refractivity contribution is 5.40. The normalized spacial score (nSPS) is 18.9. The number of hydrogen-bond acceptors (Lipinski definition) is 4. The molecule has 0 saturated heterocycles. The molecule has 0 amide bonds. The zero-order chi connectivity index (χ0) is 13.5. The Labute approximate surface area is 113 Å². The van der Waals surface area contributed by atoms with Crippen LogP contribution in [0.2, 0.25) is 0 Å². The average Bonchev–Trinajstić information content (AvgIpc) is 2.72. The molecule has 0 unspecified atom stereocenters. The maximum Gasteiger partial charge on any atom is 0.164 e. The Balaban J connectivity index is 1.97. The van der Waals surface area contributed by atoms with Crippen molar-refractivity contribution < 1.29 is 0 Å². The summed E-state index contributed by atoms with van der Waals surface area (Å²) in [5.74, 6) is 1.89. The maximum absolute atomic E-state index is 6.52. The molecule has 0 radical (unpaired) electrons. The van der Waals surface area contributed by atoms with Crippen molar-refractivity contribution in [1.29, 1.82) is 0 Å². The van der Waals surface area contributed by atoms with Crippen LogP contribution in [0.1, 0.15) is 49.4 Å². The van der Waals surface area contributed by atoms with Crippen molar-refractivity contribution in [1.82, 2.24) is 19.6 Å². The molecule has 0 atom stereocenters. The summed E-state index contributed by atoms with van der Waals surface area (Å²) in [5, 5.41) is 8.58. The molecule has 2 aromatic rings. The monoisotopic (exact) mass is 259 g/mol. The molecule has 2 aromatic heterocycles. The highest BCUT2D eigenvalue weighted by Crippen LogP contribution is 2.28. The van der Waals surface area contributed by atoms with Gasteiger partial charge in [-0.3, -0.25) is 4.40 Å². The van der Waals surface area contributed by atoms with Gasteiger partial charge < -0.3 is 5.73 Å². The topological polar surface area (TPSA) is 69.1 Å². The lowest BCUT2D eigenvalue weighted by Gasteiger charge is -2.32. The lowest BCUT2D eigenvalue weighted by molar-refractivity contribution is 0.289. The summed E-state index contributed by atoms with van der Waals surface area (Å²) >= 11 is 0. The number of aryl methyl sites for hydroxylation is 2. The van der Waals surface area contributed by atoms with Crippen LogP contribution < -0.4 is 5.73 Å². The molecule has 5 heteroatoms. The molecule has 1 saturated carbocycles. The van der Waals surface area contributed by atoms with E-state index in [4.69, 9.17) is 5.73 Å². The van der Waals surface area contributed by atoms with Crippen molar-refractivity contribution in [2.45, 2.75) is 57.9 Å². The van der Waals surface area contributed by atoms with Gasteiger partial charge in [-0.25, -0.2) is 4.98 Å². The fourth-order valence-electron chi connectivity index (χ4n) is 3.16. The Hall–Kier alpha value is -1.49. The van der Waals surface area contributed by atoms with Gasteiger partial charge in [0, 0.05) is 23.7 Å². The Bertz CT molecular complexity index is 595. The Morgan fingerprint density at radius 2 is 1.95 bits per heavy atom. The number of hydrogen-bond donors (Lipinski definition) is 1. The van der Waals surface area contributed by atoms with Gasteiger partial charge >= 0.3 is 0 Å². The van der Waals surface area contributed by atoms with Crippen molar-refractivity contribution >= 4 is 5.65 Å². The van der Waals surface area contributed by atoms with Gasteiger partial charge in [-0.2, -0.15) is 0 Å². The molecule has 0 spiro atoms. The summed E-state index contributed by atoms with van der Waals surface area (Å²) in [6, 6.07) is 1.97. The smallest absolute Gasteiger partial charge is 0.164 e. The fraction of sp³-hybridized carbons (Fsp3) is 0.643. The van der Waals surface area contributed by atoms with E-state index in [9.17, 15) is 0 Å². The van der Waals surface area contributed by atoms with E-state index in [0.717, 1.165) is 42.3 Å². The molecule has 1 fully saturated rings. The van der Waals surface area contributed by atoms with Gasteiger partial charge in [-0.1, -0.05) is 19.3 Å². The average molecular weight is 259 g/mol. The minimum absolute atomic E-state index is 0.113. The first kappa shape index (κ1) is 12.5. The van der Waals surface area contributed by atoms with Crippen LogP contribution in [-0.4, -0.2) is 25.1 Å². The van der Waals surface area contributed by atoms with E-state index in [-0.39, 0.29) is 5.54 Å². The van der Waals surface area contributed by atoms with Crippen LogP contribution in [-0.2, 0) is 6.42 Å². The molecule has 2 heterocycles. The Morgan fingerprint density at radius 1 is 1.21 bits per heavy atom. The van der Waals surface area contributed by atoms with Gasteiger partial charge in [-0.05, 0) is 26.7 Å². The third-order valence-corrected chi connectivity index (χ3v) is 4.11. The molecular formula is C14H21N5. The van der Waals surface area contributed by atoms with Crippen LogP contribution in [0.4, 0.5) is 0 Å². The molecule has 102 valence electrons. The second kappa shape index (κ2) is 4.56. The second-order valence-corrected chi connectivity index (χ2v) is 5.85. The van der Waals surface area contributed by atoms with Crippen molar-refractivity contribution in [3.05, 3.63) is 23.4 Å². The molecule has 0 bridgehead atoms. The summed E-state index contributed by atoms with van der Waals surface area (Å²) in [6.07, 6.45) is 6.71. The van der Waals surface area contributed by atoms with E-state index in [1.165, 1.54) is 19.3 Å². The molecule has 1 aliphatic rings. The van der Waals surface area contributed by atoms with E-state index in [1.54, 1.807) is 0 Å². The summed E-state index contributed by atoms with van der Waals surface area (Å²) in [6.45, 7) is 3.98. The standard InChI is InChI=1S/C14H21N5/c1-10-8-12-17-18-13(19(12)11(2)16-10)9-14(15)6-4-3-5-7-14/h8H,3-7,9,15H2,1-2H3. The van der Waals surface area contributed by atoms with Gasteiger partial charge in [0.2, 0.25) is 0 Å². The first-order valence-electron chi connectivity index (χ1n) is 7.05. The predicted octanol–water partition coefficient (Wildman–Crippen LogP) is 1.95. The van der Waals surface area contributed by atoms with Crippen molar-refractivity contribution in [2.24, 2.45) is 5.73 Å². The fourth-order valence-corrected chi connectivity index (χ4v) is 3.16. The molecule has 0 aliphatic heterocycles. The quantitative estimate of drug-likeness (QED) is 0.895. The van der Waals surface area contributed by atoms with Crippen molar-refractivity contribution in [3.8, 4) is 0 Å². The summed E-state index contributed by atoms with van der Waals surface area (Å²) in [5.41, 5.74) is 8.26. The number of aromatic nitrogens is 4. The number of fused-ring (bicyclic) bond motifs is 1. The first-order chi connectivity index (χ1) is 9.07. The van der Waals surface area contributed by atoms with E-state index in [0.29, 0.717) is 0 Å². The highest BCUT2D eigenvalue weighted by atomic mass is 15.3.